The second kappa shape index (κ2) is 5.52. The molecule has 3 nitrogen and oxygen atoms in total. The van der Waals surface area contributed by atoms with Crippen LogP contribution in [0.15, 0.2) is 12.1 Å². The number of fused-ring (bicyclic) bond motifs is 1. The van der Waals surface area contributed by atoms with E-state index >= 15 is 0 Å². The van der Waals surface area contributed by atoms with Gasteiger partial charge in [-0.25, -0.2) is 0 Å². The van der Waals surface area contributed by atoms with Gasteiger partial charge >= 0.3 is 0 Å². The van der Waals surface area contributed by atoms with E-state index in [1.54, 1.807) is 6.07 Å². The zero-order chi connectivity index (χ0) is 13.4. The van der Waals surface area contributed by atoms with E-state index in [0.29, 0.717) is 10.4 Å². The summed E-state index contributed by atoms with van der Waals surface area (Å²) < 4.78 is 0.691. The molecular weight excluding hydrogens is 280 g/mol. The molecule has 19 heavy (non-hydrogen) atoms. The van der Waals surface area contributed by atoms with Crippen LogP contribution in [0.5, 0.6) is 0 Å². The van der Waals surface area contributed by atoms with Gasteiger partial charge in [0.1, 0.15) is 0 Å². The minimum absolute atomic E-state index is 0.0301. The maximum absolute atomic E-state index is 12.4. The number of piperazine rings is 1. The third kappa shape index (κ3) is 2.72. The standard InChI is InChI=1S/C14H19ClN2OS/c1-10(14(18)12-4-5-13(15)19-12)17-8-7-16-6-2-3-11(16)9-17/h4-5,10-11H,2-3,6-9H2,1H3. The molecule has 0 aliphatic carbocycles. The van der Waals surface area contributed by atoms with E-state index in [1.165, 1.54) is 30.7 Å². The van der Waals surface area contributed by atoms with Crippen molar-refractivity contribution in [1.82, 2.24) is 9.80 Å². The Morgan fingerprint density at radius 1 is 1.42 bits per heavy atom. The summed E-state index contributed by atoms with van der Waals surface area (Å²) in [5.41, 5.74) is 0. The molecule has 0 saturated carbocycles. The molecule has 2 aliphatic heterocycles. The van der Waals surface area contributed by atoms with Gasteiger partial charge in [-0.15, -0.1) is 11.3 Å². The molecule has 1 aromatic heterocycles. The summed E-state index contributed by atoms with van der Waals surface area (Å²) in [6, 6.07) is 4.28. The molecule has 3 rings (SSSR count). The van der Waals surface area contributed by atoms with Crippen molar-refractivity contribution in [3.8, 4) is 0 Å². The molecule has 2 unspecified atom stereocenters. The van der Waals surface area contributed by atoms with Crippen molar-refractivity contribution >= 4 is 28.7 Å². The topological polar surface area (TPSA) is 23.6 Å². The monoisotopic (exact) mass is 298 g/mol. The van der Waals surface area contributed by atoms with E-state index < -0.39 is 0 Å². The average Bonchev–Trinajstić information content (AvgIpc) is 3.04. The zero-order valence-corrected chi connectivity index (χ0v) is 12.7. The largest absolute Gasteiger partial charge is 0.298 e. The van der Waals surface area contributed by atoms with E-state index in [2.05, 4.69) is 9.80 Å². The summed E-state index contributed by atoms with van der Waals surface area (Å²) in [7, 11) is 0. The lowest BCUT2D eigenvalue weighted by atomic mass is 10.1. The summed E-state index contributed by atoms with van der Waals surface area (Å²) in [5.74, 6) is 0.211. The molecule has 0 aromatic carbocycles. The van der Waals surface area contributed by atoms with Crippen molar-refractivity contribution in [2.75, 3.05) is 26.2 Å². The molecule has 0 bridgehead atoms. The highest BCUT2D eigenvalue weighted by Gasteiger charge is 2.34. The Morgan fingerprint density at radius 2 is 2.26 bits per heavy atom. The predicted octanol–water partition coefficient (Wildman–Crippen LogP) is 2.75. The van der Waals surface area contributed by atoms with Gasteiger partial charge in [0, 0.05) is 25.7 Å². The fourth-order valence-corrected chi connectivity index (χ4v) is 4.25. The first-order valence-corrected chi connectivity index (χ1v) is 8.12. The molecule has 104 valence electrons. The number of Topliss-reactive ketones (excluding diaryl/α,β-unsaturated/α-hetero) is 1. The van der Waals surface area contributed by atoms with Gasteiger partial charge < -0.3 is 0 Å². The van der Waals surface area contributed by atoms with Crippen LogP contribution in [0.25, 0.3) is 0 Å². The van der Waals surface area contributed by atoms with Crippen LogP contribution in [0, 0.1) is 0 Å². The van der Waals surface area contributed by atoms with Crippen molar-refractivity contribution in [3.63, 3.8) is 0 Å². The Bertz CT molecular complexity index is 476. The predicted molar refractivity (Wildman–Crippen MR) is 79.3 cm³/mol. The summed E-state index contributed by atoms with van der Waals surface area (Å²) >= 11 is 7.30. The Labute approximate surface area is 123 Å². The zero-order valence-electron chi connectivity index (χ0n) is 11.1. The van der Waals surface area contributed by atoms with Crippen LogP contribution in [-0.4, -0.2) is 53.8 Å². The minimum Gasteiger partial charge on any atom is -0.298 e. The van der Waals surface area contributed by atoms with Gasteiger partial charge in [0.15, 0.2) is 5.78 Å². The molecule has 2 saturated heterocycles. The highest BCUT2D eigenvalue weighted by molar-refractivity contribution is 7.18. The van der Waals surface area contributed by atoms with Crippen molar-refractivity contribution in [2.45, 2.75) is 31.8 Å². The van der Waals surface area contributed by atoms with Crippen LogP contribution < -0.4 is 0 Å². The molecule has 0 spiro atoms. The third-order valence-electron chi connectivity index (χ3n) is 4.36. The maximum atomic E-state index is 12.4. The molecule has 2 fully saturated rings. The Hall–Kier alpha value is -0.420. The smallest absolute Gasteiger partial charge is 0.189 e. The molecule has 2 atom stereocenters. The summed E-state index contributed by atoms with van der Waals surface area (Å²) in [6.45, 7) is 6.41. The van der Waals surface area contributed by atoms with Gasteiger partial charge in [0.25, 0.3) is 0 Å². The van der Waals surface area contributed by atoms with Crippen molar-refractivity contribution in [3.05, 3.63) is 21.3 Å². The van der Waals surface area contributed by atoms with Crippen molar-refractivity contribution < 1.29 is 4.79 Å². The lowest BCUT2D eigenvalue weighted by Crippen LogP contribution is -2.54. The lowest BCUT2D eigenvalue weighted by molar-refractivity contribution is 0.0605. The maximum Gasteiger partial charge on any atom is 0.189 e. The van der Waals surface area contributed by atoms with Crippen LogP contribution in [-0.2, 0) is 0 Å². The number of hydrogen-bond acceptors (Lipinski definition) is 4. The van der Waals surface area contributed by atoms with Gasteiger partial charge in [-0.1, -0.05) is 11.6 Å². The van der Waals surface area contributed by atoms with E-state index in [1.807, 2.05) is 13.0 Å². The van der Waals surface area contributed by atoms with Crippen LogP contribution in [0.4, 0.5) is 0 Å². The van der Waals surface area contributed by atoms with Gasteiger partial charge in [-0.05, 0) is 38.4 Å². The number of hydrogen-bond donors (Lipinski definition) is 0. The van der Waals surface area contributed by atoms with Crippen LogP contribution in [0.1, 0.15) is 29.4 Å². The van der Waals surface area contributed by atoms with Crippen molar-refractivity contribution in [1.29, 1.82) is 0 Å². The molecule has 5 heteroatoms. The second-order valence-electron chi connectivity index (χ2n) is 5.47. The Kier molecular flexibility index (Phi) is 3.94. The fourth-order valence-electron chi connectivity index (χ4n) is 3.19. The number of nitrogens with zero attached hydrogens (tertiary/aromatic N) is 2. The Balaban J connectivity index is 1.66. The molecular formula is C14H19ClN2OS. The van der Waals surface area contributed by atoms with E-state index in [-0.39, 0.29) is 11.8 Å². The molecule has 0 amide bonds. The molecule has 0 radical (unpaired) electrons. The van der Waals surface area contributed by atoms with E-state index in [0.717, 1.165) is 24.5 Å². The number of thiophene rings is 1. The first-order valence-electron chi connectivity index (χ1n) is 6.93. The fraction of sp³-hybridized carbons (Fsp3) is 0.643. The normalized spacial score (nSPS) is 26.3. The van der Waals surface area contributed by atoms with Crippen LogP contribution in [0.3, 0.4) is 0 Å². The van der Waals surface area contributed by atoms with Crippen molar-refractivity contribution in [2.24, 2.45) is 0 Å². The van der Waals surface area contributed by atoms with Gasteiger partial charge in [-0.3, -0.25) is 14.6 Å². The number of ketones is 1. The van der Waals surface area contributed by atoms with Gasteiger partial charge in [0.05, 0.1) is 15.3 Å². The van der Waals surface area contributed by atoms with Gasteiger partial charge in [0.2, 0.25) is 0 Å². The lowest BCUT2D eigenvalue weighted by Gasteiger charge is -2.39. The van der Waals surface area contributed by atoms with Crippen LogP contribution >= 0.6 is 22.9 Å². The molecule has 0 N–H and O–H groups in total. The Morgan fingerprint density at radius 3 is 3.00 bits per heavy atom. The number of carbonyl (C=O) groups is 1. The van der Waals surface area contributed by atoms with Gasteiger partial charge in [-0.2, -0.15) is 0 Å². The molecule has 3 heterocycles. The summed E-state index contributed by atoms with van der Waals surface area (Å²) in [5, 5.41) is 0. The second-order valence-corrected chi connectivity index (χ2v) is 7.19. The molecule has 1 aromatic rings. The third-order valence-corrected chi connectivity index (χ3v) is 5.61. The summed E-state index contributed by atoms with van der Waals surface area (Å²) in [4.78, 5) is 18.1. The van der Waals surface area contributed by atoms with Crippen LogP contribution in [0.2, 0.25) is 4.34 Å². The average molecular weight is 299 g/mol. The molecule has 2 aliphatic rings. The number of carbonyl (C=O) groups excluding carboxylic acids is 1. The first kappa shape index (κ1) is 13.6. The quantitative estimate of drug-likeness (QED) is 0.802. The first-order chi connectivity index (χ1) is 9.15. The number of rotatable bonds is 3. The number of halogens is 1. The van der Waals surface area contributed by atoms with E-state index in [4.69, 9.17) is 11.6 Å². The highest BCUT2D eigenvalue weighted by atomic mass is 35.5. The summed E-state index contributed by atoms with van der Waals surface area (Å²) in [6.07, 6.45) is 2.59. The highest BCUT2D eigenvalue weighted by Crippen LogP contribution is 2.26. The minimum atomic E-state index is -0.0301. The SMILES string of the molecule is CC(C(=O)c1ccc(Cl)s1)N1CCN2CCCC2C1. The van der Waals surface area contributed by atoms with E-state index in [9.17, 15) is 4.79 Å².